The zero-order valence-corrected chi connectivity index (χ0v) is 15.3. The monoisotopic (exact) mass is 370 g/mol. The number of aromatic carboxylic acids is 1. The molecular weight excluding hydrogens is 352 g/mol. The molecule has 1 aromatic heterocycles. The SMILES string of the molecule is CC(=O)N1Cc2ccc(-c3cccc(C(=O)O)n3)cc2/C=C\c2ccccc21. The minimum atomic E-state index is -1.05. The van der Waals surface area contributed by atoms with Crippen LogP contribution >= 0.6 is 0 Å². The Hall–Kier alpha value is -3.73. The first-order chi connectivity index (χ1) is 13.5. The second-order valence-corrected chi connectivity index (χ2v) is 6.62. The first kappa shape index (κ1) is 17.7. The number of aromatic nitrogens is 1. The van der Waals surface area contributed by atoms with Gasteiger partial charge in [-0.2, -0.15) is 0 Å². The van der Waals surface area contributed by atoms with Crippen LogP contribution in [0.5, 0.6) is 0 Å². The Morgan fingerprint density at radius 2 is 1.75 bits per heavy atom. The van der Waals surface area contributed by atoms with E-state index in [2.05, 4.69) is 4.98 Å². The van der Waals surface area contributed by atoms with Crippen LogP contribution in [0.25, 0.3) is 23.4 Å². The maximum Gasteiger partial charge on any atom is 0.354 e. The van der Waals surface area contributed by atoms with Gasteiger partial charge in [-0.1, -0.05) is 48.6 Å². The number of hydrogen-bond donors (Lipinski definition) is 1. The molecule has 1 N–H and O–H groups in total. The van der Waals surface area contributed by atoms with Crippen LogP contribution in [0.4, 0.5) is 5.69 Å². The number of carboxylic acid groups (broad SMARTS) is 1. The van der Waals surface area contributed by atoms with Gasteiger partial charge in [0, 0.05) is 12.5 Å². The number of pyridine rings is 1. The van der Waals surface area contributed by atoms with Crippen molar-refractivity contribution in [2.75, 3.05) is 4.90 Å². The zero-order chi connectivity index (χ0) is 19.7. The molecule has 138 valence electrons. The summed E-state index contributed by atoms with van der Waals surface area (Å²) in [7, 11) is 0. The smallest absolute Gasteiger partial charge is 0.354 e. The molecule has 5 heteroatoms. The van der Waals surface area contributed by atoms with Gasteiger partial charge in [-0.05, 0) is 41.0 Å². The number of hydrogen-bond acceptors (Lipinski definition) is 3. The summed E-state index contributed by atoms with van der Waals surface area (Å²) in [6.45, 7) is 2.03. The number of carbonyl (C=O) groups excluding carboxylic acids is 1. The van der Waals surface area contributed by atoms with Crippen LogP contribution in [-0.2, 0) is 11.3 Å². The summed E-state index contributed by atoms with van der Waals surface area (Å²) >= 11 is 0. The van der Waals surface area contributed by atoms with Gasteiger partial charge in [-0.3, -0.25) is 4.79 Å². The van der Waals surface area contributed by atoms with Crippen molar-refractivity contribution in [3.8, 4) is 11.3 Å². The molecule has 2 aromatic carbocycles. The number of carboxylic acids is 1. The number of rotatable bonds is 2. The number of amides is 1. The fourth-order valence-electron chi connectivity index (χ4n) is 3.36. The van der Waals surface area contributed by atoms with Crippen molar-refractivity contribution < 1.29 is 14.7 Å². The number of para-hydroxylation sites is 1. The first-order valence-electron chi connectivity index (χ1n) is 8.92. The maximum atomic E-state index is 12.3. The van der Waals surface area contributed by atoms with E-state index < -0.39 is 5.97 Å². The van der Waals surface area contributed by atoms with Crippen molar-refractivity contribution in [1.29, 1.82) is 0 Å². The Bertz CT molecular complexity index is 1120. The molecule has 0 aliphatic carbocycles. The zero-order valence-electron chi connectivity index (χ0n) is 15.3. The van der Waals surface area contributed by atoms with Crippen LogP contribution in [0, 0.1) is 0 Å². The lowest BCUT2D eigenvalue weighted by Gasteiger charge is -2.26. The van der Waals surface area contributed by atoms with Crippen molar-refractivity contribution in [3.63, 3.8) is 0 Å². The summed E-state index contributed by atoms with van der Waals surface area (Å²) in [6.07, 6.45) is 4.02. The predicted molar refractivity (Wildman–Crippen MR) is 109 cm³/mol. The lowest BCUT2D eigenvalue weighted by atomic mass is 9.97. The molecule has 0 unspecified atom stereocenters. The predicted octanol–water partition coefficient (Wildman–Crippen LogP) is 4.48. The third-order valence-corrected chi connectivity index (χ3v) is 4.79. The molecule has 0 saturated carbocycles. The van der Waals surface area contributed by atoms with Crippen LogP contribution in [0.3, 0.4) is 0 Å². The van der Waals surface area contributed by atoms with E-state index in [0.717, 1.165) is 27.9 Å². The standard InChI is InChI=1S/C23H18N2O3/c1-15(26)25-14-19-12-11-18(20-6-4-7-21(24-20)23(27)28)13-17(19)10-9-16-5-2-3-8-22(16)25/h2-13H,14H2,1H3,(H,27,28)/b10-9-. The summed E-state index contributed by atoms with van der Waals surface area (Å²) in [5, 5.41) is 9.18. The van der Waals surface area contributed by atoms with Gasteiger partial charge in [0.15, 0.2) is 0 Å². The molecule has 2 heterocycles. The van der Waals surface area contributed by atoms with E-state index in [-0.39, 0.29) is 11.6 Å². The van der Waals surface area contributed by atoms with E-state index in [9.17, 15) is 14.7 Å². The fraction of sp³-hybridized carbons (Fsp3) is 0.0870. The van der Waals surface area contributed by atoms with Crippen molar-refractivity contribution >= 4 is 29.7 Å². The molecule has 0 bridgehead atoms. The molecule has 1 aliphatic heterocycles. The Kier molecular flexibility index (Phi) is 4.49. The van der Waals surface area contributed by atoms with Gasteiger partial charge in [0.2, 0.25) is 5.91 Å². The molecule has 5 nitrogen and oxygen atoms in total. The number of nitrogens with zero attached hydrogens (tertiary/aromatic N) is 2. The quantitative estimate of drug-likeness (QED) is 0.722. The summed E-state index contributed by atoms with van der Waals surface area (Å²) in [5.41, 5.74) is 5.28. The second kappa shape index (κ2) is 7.12. The summed E-state index contributed by atoms with van der Waals surface area (Å²) < 4.78 is 0. The lowest BCUT2D eigenvalue weighted by Crippen LogP contribution is -2.29. The van der Waals surface area contributed by atoms with Crippen molar-refractivity contribution in [1.82, 2.24) is 4.98 Å². The molecule has 1 amide bonds. The second-order valence-electron chi connectivity index (χ2n) is 6.62. The molecule has 0 fully saturated rings. The van der Waals surface area contributed by atoms with Crippen LogP contribution in [0.1, 0.15) is 34.1 Å². The third kappa shape index (κ3) is 3.30. The molecule has 28 heavy (non-hydrogen) atoms. The average Bonchev–Trinajstić information content (AvgIpc) is 2.69. The van der Waals surface area contributed by atoms with E-state index >= 15 is 0 Å². The molecule has 4 rings (SSSR count). The minimum Gasteiger partial charge on any atom is -0.477 e. The van der Waals surface area contributed by atoms with Crippen molar-refractivity contribution in [3.05, 3.63) is 83.0 Å². The number of carbonyl (C=O) groups is 2. The average molecular weight is 370 g/mol. The highest BCUT2D eigenvalue weighted by molar-refractivity contribution is 5.95. The van der Waals surface area contributed by atoms with E-state index in [1.807, 2.05) is 54.6 Å². The molecule has 0 saturated heterocycles. The van der Waals surface area contributed by atoms with E-state index in [0.29, 0.717) is 12.2 Å². The van der Waals surface area contributed by atoms with Gasteiger partial charge in [0.05, 0.1) is 17.9 Å². The van der Waals surface area contributed by atoms with E-state index in [1.165, 1.54) is 6.07 Å². The van der Waals surface area contributed by atoms with E-state index in [1.54, 1.807) is 24.0 Å². The van der Waals surface area contributed by atoms with Gasteiger partial charge >= 0.3 is 5.97 Å². The van der Waals surface area contributed by atoms with Crippen LogP contribution in [0.15, 0.2) is 60.7 Å². The highest BCUT2D eigenvalue weighted by Gasteiger charge is 2.18. The molecule has 0 spiro atoms. The van der Waals surface area contributed by atoms with Gasteiger partial charge in [0.25, 0.3) is 0 Å². The summed E-state index contributed by atoms with van der Waals surface area (Å²) in [4.78, 5) is 29.5. The molecule has 3 aromatic rings. The number of fused-ring (bicyclic) bond motifs is 2. The summed E-state index contributed by atoms with van der Waals surface area (Å²) in [5.74, 6) is -1.07. The minimum absolute atomic E-state index is 0.0106. The van der Waals surface area contributed by atoms with E-state index in [4.69, 9.17) is 0 Å². The Balaban J connectivity index is 1.81. The highest BCUT2D eigenvalue weighted by Crippen LogP contribution is 2.30. The van der Waals surface area contributed by atoms with Crippen LogP contribution in [-0.4, -0.2) is 22.0 Å². The Labute approximate surface area is 162 Å². The van der Waals surface area contributed by atoms with Crippen LogP contribution < -0.4 is 4.90 Å². The maximum absolute atomic E-state index is 12.3. The van der Waals surface area contributed by atoms with Gasteiger partial charge < -0.3 is 10.0 Å². The largest absolute Gasteiger partial charge is 0.477 e. The van der Waals surface area contributed by atoms with Crippen molar-refractivity contribution in [2.45, 2.75) is 13.5 Å². The topological polar surface area (TPSA) is 70.5 Å². The van der Waals surface area contributed by atoms with Gasteiger partial charge in [-0.25, -0.2) is 9.78 Å². The first-order valence-corrected chi connectivity index (χ1v) is 8.92. The Morgan fingerprint density at radius 3 is 2.54 bits per heavy atom. The molecule has 0 atom stereocenters. The fourth-order valence-corrected chi connectivity index (χ4v) is 3.36. The normalized spacial score (nSPS) is 13.7. The number of benzene rings is 2. The van der Waals surface area contributed by atoms with Crippen LogP contribution in [0.2, 0.25) is 0 Å². The number of anilines is 1. The third-order valence-electron chi connectivity index (χ3n) is 4.79. The van der Waals surface area contributed by atoms with Gasteiger partial charge in [-0.15, -0.1) is 0 Å². The summed E-state index contributed by atoms with van der Waals surface area (Å²) in [6, 6.07) is 18.6. The van der Waals surface area contributed by atoms with Gasteiger partial charge in [0.1, 0.15) is 5.69 Å². The molecule has 0 radical (unpaired) electrons. The van der Waals surface area contributed by atoms with Crippen molar-refractivity contribution in [2.24, 2.45) is 0 Å². The Morgan fingerprint density at radius 1 is 0.964 bits per heavy atom. The highest BCUT2D eigenvalue weighted by atomic mass is 16.4. The molecule has 1 aliphatic rings. The molecular formula is C23H18N2O3. The lowest BCUT2D eigenvalue weighted by molar-refractivity contribution is -0.116.